The number of aliphatic hydroxyl groups excluding tert-OH is 3. The van der Waals surface area contributed by atoms with Crippen LogP contribution in [0.2, 0.25) is 0 Å². The van der Waals surface area contributed by atoms with E-state index in [1.807, 2.05) is 25.2 Å². The molecule has 112 valence electrons. The van der Waals surface area contributed by atoms with Gasteiger partial charge in [0.05, 0.1) is 19.8 Å². The van der Waals surface area contributed by atoms with E-state index in [-0.39, 0.29) is 19.8 Å². The van der Waals surface area contributed by atoms with Crippen molar-refractivity contribution in [3.05, 3.63) is 38.0 Å². The van der Waals surface area contributed by atoms with Gasteiger partial charge in [-0.25, -0.2) is 0 Å². The molecule has 0 unspecified atom stereocenters. The fraction of sp³-hybridized carbons (Fsp3) is 0.600. The summed E-state index contributed by atoms with van der Waals surface area (Å²) in [5, 5.41) is 26.0. The number of nitrogens with zero attached hydrogens (tertiary/aromatic N) is 1. The van der Waals surface area contributed by atoms with E-state index in [0.717, 1.165) is 19.6 Å². The highest BCUT2D eigenvalue weighted by atomic mass is 16.3. The first-order valence-corrected chi connectivity index (χ1v) is 6.47. The maximum atomic E-state index is 8.66. The van der Waals surface area contributed by atoms with Crippen LogP contribution >= 0.6 is 0 Å². The second kappa shape index (κ2) is 13.5. The van der Waals surface area contributed by atoms with E-state index in [2.05, 4.69) is 24.6 Å². The van der Waals surface area contributed by atoms with E-state index in [1.54, 1.807) is 0 Å². The maximum Gasteiger partial charge on any atom is 0.0531 e. The number of hydrogen-bond acceptors (Lipinski definition) is 4. The van der Waals surface area contributed by atoms with Gasteiger partial charge in [-0.1, -0.05) is 25.2 Å². The molecular formula is C15H29NO3. The van der Waals surface area contributed by atoms with Crippen molar-refractivity contribution in [3.63, 3.8) is 0 Å². The molecule has 0 aromatic heterocycles. The maximum absolute atomic E-state index is 8.66. The summed E-state index contributed by atoms with van der Waals surface area (Å²) in [5.74, 6) is 0. The van der Waals surface area contributed by atoms with Crippen LogP contribution in [0.4, 0.5) is 0 Å². The van der Waals surface area contributed by atoms with Crippen molar-refractivity contribution in [2.75, 3.05) is 39.5 Å². The summed E-state index contributed by atoms with van der Waals surface area (Å²) >= 11 is 0. The van der Waals surface area contributed by atoms with Crippen molar-refractivity contribution in [2.24, 2.45) is 5.41 Å². The van der Waals surface area contributed by atoms with Crippen LogP contribution in [0.1, 0.15) is 13.3 Å². The molecule has 0 aromatic carbocycles. The highest BCUT2D eigenvalue weighted by Gasteiger charge is 2.24. The predicted octanol–water partition coefficient (Wildman–Crippen LogP) is 1.21. The molecule has 0 aliphatic rings. The van der Waals surface area contributed by atoms with Crippen molar-refractivity contribution in [2.45, 2.75) is 13.3 Å². The van der Waals surface area contributed by atoms with E-state index in [9.17, 15) is 0 Å². The fourth-order valence-electron chi connectivity index (χ4n) is 1.26. The van der Waals surface area contributed by atoms with Crippen LogP contribution in [-0.4, -0.2) is 59.7 Å². The van der Waals surface area contributed by atoms with Crippen LogP contribution in [0.15, 0.2) is 38.0 Å². The van der Waals surface area contributed by atoms with Gasteiger partial charge in [0.1, 0.15) is 0 Å². The lowest BCUT2D eigenvalue weighted by Crippen LogP contribution is -2.32. The van der Waals surface area contributed by atoms with Gasteiger partial charge in [0.25, 0.3) is 0 Å². The molecule has 0 aliphatic carbocycles. The topological polar surface area (TPSA) is 63.9 Å². The van der Waals surface area contributed by atoms with Crippen LogP contribution in [0, 0.1) is 5.41 Å². The molecule has 0 heterocycles. The zero-order chi connectivity index (χ0) is 15.1. The highest BCUT2D eigenvalue weighted by Crippen LogP contribution is 2.18. The third-order valence-electron chi connectivity index (χ3n) is 2.92. The van der Waals surface area contributed by atoms with Crippen LogP contribution in [0.3, 0.4) is 0 Å². The molecule has 0 rings (SSSR count). The highest BCUT2D eigenvalue weighted by molar-refractivity contribution is 4.83. The average Bonchev–Trinajstić information content (AvgIpc) is 2.44. The van der Waals surface area contributed by atoms with Gasteiger partial charge >= 0.3 is 0 Å². The zero-order valence-electron chi connectivity index (χ0n) is 12.1. The molecular weight excluding hydrogens is 242 g/mol. The van der Waals surface area contributed by atoms with Gasteiger partial charge in [0, 0.05) is 25.0 Å². The lowest BCUT2D eigenvalue weighted by molar-refractivity contribution is 0.00304. The summed E-state index contributed by atoms with van der Waals surface area (Å²) in [6.45, 7) is 15.0. The summed E-state index contributed by atoms with van der Waals surface area (Å²) in [6, 6.07) is 0. The van der Waals surface area contributed by atoms with Crippen molar-refractivity contribution in [1.82, 2.24) is 4.90 Å². The molecule has 19 heavy (non-hydrogen) atoms. The first-order chi connectivity index (χ1) is 9.09. The molecule has 0 amide bonds. The Labute approximate surface area is 117 Å². The van der Waals surface area contributed by atoms with Gasteiger partial charge in [0.2, 0.25) is 0 Å². The van der Waals surface area contributed by atoms with E-state index < -0.39 is 5.41 Å². The molecule has 0 saturated carbocycles. The van der Waals surface area contributed by atoms with Gasteiger partial charge in [-0.2, -0.15) is 0 Å². The second-order valence-electron chi connectivity index (χ2n) is 4.41. The van der Waals surface area contributed by atoms with Gasteiger partial charge < -0.3 is 15.3 Å². The standard InChI is InChI=1S/C9H15N.C6H14O3/c1-4-7-10(8-5-2)9-6-3;1-2-6(3-7,4-8)5-9/h4-6H,1-3,7-9H2;7-9H,2-5H2,1H3. The Kier molecular flexibility index (Phi) is 14.5. The van der Waals surface area contributed by atoms with Gasteiger partial charge in [0.15, 0.2) is 0 Å². The molecule has 0 aromatic rings. The first-order valence-electron chi connectivity index (χ1n) is 6.47. The van der Waals surface area contributed by atoms with Crippen molar-refractivity contribution in [3.8, 4) is 0 Å². The van der Waals surface area contributed by atoms with Gasteiger partial charge in [-0.3, -0.25) is 4.90 Å². The van der Waals surface area contributed by atoms with E-state index >= 15 is 0 Å². The summed E-state index contributed by atoms with van der Waals surface area (Å²) in [6.07, 6.45) is 6.24. The molecule has 4 nitrogen and oxygen atoms in total. The van der Waals surface area contributed by atoms with Crippen LogP contribution in [0.25, 0.3) is 0 Å². The zero-order valence-corrected chi connectivity index (χ0v) is 12.1. The monoisotopic (exact) mass is 271 g/mol. The molecule has 3 N–H and O–H groups in total. The van der Waals surface area contributed by atoms with Crippen molar-refractivity contribution >= 4 is 0 Å². The predicted molar refractivity (Wildman–Crippen MR) is 81.0 cm³/mol. The van der Waals surface area contributed by atoms with Crippen LogP contribution in [0.5, 0.6) is 0 Å². The first kappa shape index (κ1) is 20.4. The Morgan fingerprint density at radius 1 is 0.842 bits per heavy atom. The van der Waals surface area contributed by atoms with Crippen LogP contribution in [-0.2, 0) is 0 Å². The summed E-state index contributed by atoms with van der Waals surface area (Å²) in [7, 11) is 0. The number of rotatable bonds is 10. The number of hydrogen-bond donors (Lipinski definition) is 3. The SMILES string of the molecule is C=CCN(CC=C)CC=C.CCC(CO)(CO)CO. The van der Waals surface area contributed by atoms with E-state index in [1.165, 1.54) is 0 Å². The van der Waals surface area contributed by atoms with Crippen molar-refractivity contribution in [1.29, 1.82) is 0 Å². The normalized spacial score (nSPS) is 10.6. The molecule has 0 atom stereocenters. The molecule has 0 fully saturated rings. The Morgan fingerprint density at radius 3 is 1.26 bits per heavy atom. The Hall–Kier alpha value is -0.940. The summed E-state index contributed by atoms with van der Waals surface area (Å²) in [4.78, 5) is 2.19. The number of aliphatic hydroxyl groups is 3. The Balaban J connectivity index is 0. The second-order valence-corrected chi connectivity index (χ2v) is 4.41. The van der Waals surface area contributed by atoms with Gasteiger partial charge in [-0.15, -0.1) is 19.7 Å². The third-order valence-corrected chi connectivity index (χ3v) is 2.92. The summed E-state index contributed by atoms with van der Waals surface area (Å²) < 4.78 is 0. The fourth-order valence-corrected chi connectivity index (χ4v) is 1.26. The molecule has 4 heteroatoms. The Bertz CT molecular complexity index is 196. The quantitative estimate of drug-likeness (QED) is 0.523. The largest absolute Gasteiger partial charge is 0.396 e. The smallest absolute Gasteiger partial charge is 0.0531 e. The lowest BCUT2D eigenvalue weighted by Gasteiger charge is -2.24. The minimum atomic E-state index is -0.667. The minimum Gasteiger partial charge on any atom is -0.396 e. The molecule has 0 spiro atoms. The molecule has 0 bridgehead atoms. The third kappa shape index (κ3) is 9.62. The molecule has 0 radical (unpaired) electrons. The minimum absolute atomic E-state index is 0.156. The van der Waals surface area contributed by atoms with Crippen LogP contribution < -0.4 is 0 Å². The summed E-state index contributed by atoms with van der Waals surface area (Å²) in [5.41, 5.74) is -0.667. The molecule has 0 aliphatic heterocycles. The Morgan fingerprint density at radius 2 is 1.16 bits per heavy atom. The lowest BCUT2D eigenvalue weighted by atomic mass is 9.88. The van der Waals surface area contributed by atoms with Crippen molar-refractivity contribution < 1.29 is 15.3 Å². The average molecular weight is 271 g/mol. The molecule has 0 saturated heterocycles. The van der Waals surface area contributed by atoms with Gasteiger partial charge in [-0.05, 0) is 6.42 Å². The van der Waals surface area contributed by atoms with E-state index in [0.29, 0.717) is 6.42 Å². The van der Waals surface area contributed by atoms with E-state index in [4.69, 9.17) is 15.3 Å².